The Balaban J connectivity index is 2.20. The second-order valence-electron chi connectivity index (χ2n) is 4.27. The molecule has 1 aromatic heterocycles. The number of hydrogen-bond acceptors (Lipinski definition) is 3. The number of thiocarbonyl (C=S) groups is 1. The maximum atomic E-state index is 6.18. The van der Waals surface area contributed by atoms with E-state index in [1.54, 1.807) is 10.9 Å². The third-order valence-electron chi connectivity index (χ3n) is 2.82. The van der Waals surface area contributed by atoms with Crippen LogP contribution in [0.4, 0.5) is 0 Å². The summed E-state index contributed by atoms with van der Waals surface area (Å²) in [6.07, 6.45) is 1.62. The summed E-state index contributed by atoms with van der Waals surface area (Å²) in [6, 6.07) is 9.80. The van der Waals surface area contributed by atoms with E-state index in [1.807, 2.05) is 44.2 Å². The zero-order chi connectivity index (χ0) is 15.2. The van der Waals surface area contributed by atoms with Gasteiger partial charge in [0.1, 0.15) is 0 Å². The fourth-order valence-corrected chi connectivity index (χ4v) is 2.26. The maximum Gasteiger partial charge on any atom is 0.186 e. The third kappa shape index (κ3) is 3.80. The van der Waals surface area contributed by atoms with Crippen LogP contribution in [0.5, 0.6) is 0 Å². The number of benzene rings is 1. The zero-order valence-electron chi connectivity index (χ0n) is 11.8. The van der Waals surface area contributed by atoms with E-state index in [0.717, 1.165) is 23.5 Å². The summed E-state index contributed by atoms with van der Waals surface area (Å²) < 4.78 is 1.78. The molecule has 2 rings (SSSR count). The number of rotatable bonds is 4. The molecule has 0 aliphatic rings. The summed E-state index contributed by atoms with van der Waals surface area (Å²) in [7, 11) is 0. The molecule has 0 fully saturated rings. The average molecular weight is 322 g/mol. The SMILES string of the molecule is CCNC(=S)N/N=C\c1c(Cl)nn(-c2ccccc2)c1C. The predicted octanol–water partition coefficient (Wildman–Crippen LogP) is 2.65. The van der Waals surface area contributed by atoms with Gasteiger partial charge in [-0.25, -0.2) is 4.68 Å². The van der Waals surface area contributed by atoms with E-state index in [4.69, 9.17) is 23.8 Å². The Morgan fingerprint density at radius 1 is 1.43 bits per heavy atom. The van der Waals surface area contributed by atoms with Crippen LogP contribution in [0.25, 0.3) is 5.69 Å². The number of hydrazone groups is 1. The van der Waals surface area contributed by atoms with Crippen molar-refractivity contribution in [1.29, 1.82) is 0 Å². The van der Waals surface area contributed by atoms with Gasteiger partial charge in [0.15, 0.2) is 10.3 Å². The monoisotopic (exact) mass is 321 g/mol. The molecule has 2 aromatic rings. The van der Waals surface area contributed by atoms with Crippen LogP contribution in [-0.4, -0.2) is 27.7 Å². The minimum Gasteiger partial charge on any atom is -0.362 e. The Labute approximate surface area is 134 Å². The number of hydrogen-bond donors (Lipinski definition) is 2. The van der Waals surface area contributed by atoms with Gasteiger partial charge >= 0.3 is 0 Å². The van der Waals surface area contributed by atoms with Gasteiger partial charge in [0.2, 0.25) is 0 Å². The second-order valence-corrected chi connectivity index (χ2v) is 5.03. The van der Waals surface area contributed by atoms with Crippen LogP contribution in [0.3, 0.4) is 0 Å². The first-order valence-electron chi connectivity index (χ1n) is 6.51. The number of para-hydroxylation sites is 1. The van der Waals surface area contributed by atoms with Crippen molar-refractivity contribution in [3.8, 4) is 5.69 Å². The van der Waals surface area contributed by atoms with E-state index in [2.05, 4.69) is 20.9 Å². The molecule has 1 heterocycles. The van der Waals surface area contributed by atoms with Crippen molar-refractivity contribution in [2.24, 2.45) is 5.10 Å². The van der Waals surface area contributed by atoms with Gasteiger partial charge in [-0.05, 0) is 38.2 Å². The molecule has 110 valence electrons. The van der Waals surface area contributed by atoms with E-state index in [1.165, 1.54) is 0 Å². The van der Waals surface area contributed by atoms with Gasteiger partial charge in [0, 0.05) is 6.54 Å². The fourth-order valence-electron chi connectivity index (χ4n) is 1.80. The van der Waals surface area contributed by atoms with Gasteiger partial charge in [0.25, 0.3) is 0 Å². The van der Waals surface area contributed by atoms with Crippen molar-refractivity contribution in [3.63, 3.8) is 0 Å². The van der Waals surface area contributed by atoms with E-state index in [-0.39, 0.29) is 0 Å². The molecule has 2 N–H and O–H groups in total. The molecule has 0 saturated carbocycles. The number of nitrogens with one attached hydrogen (secondary N) is 2. The second kappa shape index (κ2) is 7.19. The Morgan fingerprint density at radius 2 is 2.14 bits per heavy atom. The molecule has 21 heavy (non-hydrogen) atoms. The predicted molar refractivity (Wildman–Crippen MR) is 90.3 cm³/mol. The summed E-state index contributed by atoms with van der Waals surface area (Å²) in [4.78, 5) is 0. The van der Waals surface area contributed by atoms with Gasteiger partial charge in [0.05, 0.1) is 23.2 Å². The van der Waals surface area contributed by atoms with Gasteiger partial charge < -0.3 is 5.32 Å². The van der Waals surface area contributed by atoms with Gasteiger partial charge in [-0.3, -0.25) is 5.43 Å². The highest BCUT2D eigenvalue weighted by Crippen LogP contribution is 2.20. The number of aromatic nitrogens is 2. The molecule has 0 aliphatic carbocycles. The summed E-state index contributed by atoms with van der Waals surface area (Å²) >= 11 is 11.2. The van der Waals surface area contributed by atoms with E-state index in [9.17, 15) is 0 Å². The first-order valence-corrected chi connectivity index (χ1v) is 7.29. The largest absolute Gasteiger partial charge is 0.362 e. The Bertz CT molecular complexity index is 651. The first-order chi connectivity index (χ1) is 10.1. The van der Waals surface area contributed by atoms with Crippen LogP contribution in [0, 0.1) is 6.92 Å². The van der Waals surface area contributed by atoms with Crippen LogP contribution in [0.1, 0.15) is 18.2 Å². The lowest BCUT2D eigenvalue weighted by Gasteiger charge is -2.04. The van der Waals surface area contributed by atoms with Crippen LogP contribution in [0.2, 0.25) is 5.15 Å². The standard InChI is InChI=1S/C14H16ClN5S/c1-3-16-14(21)18-17-9-12-10(2)20(19-13(12)15)11-7-5-4-6-8-11/h4-9H,3H2,1-2H3,(H2,16,18,21)/b17-9-. The van der Waals surface area contributed by atoms with Crippen molar-refractivity contribution >= 4 is 35.1 Å². The van der Waals surface area contributed by atoms with Crippen molar-refractivity contribution in [3.05, 3.63) is 46.7 Å². The molecule has 0 atom stereocenters. The maximum absolute atomic E-state index is 6.18. The van der Waals surface area contributed by atoms with Crippen molar-refractivity contribution in [2.45, 2.75) is 13.8 Å². The Hall–Kier alpha value is -1.92. The molecule has 0 saturated heterocycles. The van der Waals surface area contributed by atoms with Crippen LogP contribution in [-0.2, 0) is 0 Å². The van der Waals surface area contributed by atoms with Gasteiger partial charge in [-0.2, -0.15) is 10.2 Å². The molecule has 7 heteroatoms. The summed E-state index contributed by atoms with van der Waals surface area (Å²) in [5.41, 5.74) is 5.35. The highest BCUT2D eigenvalue weighted by atomic mass is 35.5. The highest BCUT2D eigenvalue weighted by Gasteiger charge is 2.12. The van der Waals surface area contributed by atoms with E-state index < -0.39 is 0 Å². The number of halogens is 1. The molecule has 0 aliphatic heterocycles. The molecule has 0 spiro atoms. The lowest BCUT2D eigenvalue weighted by Crippen LogP contribution is -2.31. The fraction of sp³-hybridized carbons (Fsp3) is 0.214. The highest BCUT2D eigenvalue weighted by molar-refractivity contribution is 7.80. The lowest BCUT2D eigenvalue weighted by atomic mass is 10.2. The van der Waals surface area contributed by atoms with Crippen molar-refractivity contribution in [2.75, 3.05) is 6.54 Å². The van der Waals surface area contributed by atoms with Crippen molar-refractivity contribution in [1.82, 2.24) is 20.5 Å². The summed E-state index contributed by atoms with van der Waals surface area (Å²) in [5, 5.41) is 12.2. The summed E-state index contributed by atoms with van der Waals surface area (Å²) in [5.74, 6) is 0. The van der Waals surface area contributed by atoms with Crippen LogP contribution in [0.15, 0.2) is 35.4 Å². The zero-order valence-corrected chi connectivity index (χ0v) is 13.4. The minimum atomic E-state index is 0.399. The minimum absolute atomic E-state index is 0.399. The van der Waals surface area contributed by atoms with Gasteiger partial charge in [-0.15, -0.1) is 0 Å². The van der Waals surface area contributed by atoms with Crippen molar-refractivity contribution < 1.29 is 0 Å². The van der Waals surface area contributed by atoms with E-state index >= 15 is 0 Å². The van der Waals surface area contributed by atoms with Gasteiger partial charge in [-0.1, -0.05) is 29.8 Å². The quantitative estimate of drug-likeness (QED) is 0.516. The van der Waals surface area contributed by atoms with Crippen LogP contribution >= 0.6 is 23.8 Å². The molecule has 0 amide bonds. The average Bonchev–Trinajstić information content (AvgIpc) is 2.76. The van der Waals surface area contributed by atoms with Crippen LogP contribution < -0.4 is 10.7 Å². The molecule has 0 unspecified atom stereocenters. The van der Waals surface area contributed by atoms with E-state index in [0.29, 0.717) is 10.3 Å². The molecule has 1 aromatic carbocycles. The molecular weight excluding hydrogens is 306 g/mol. The third-order valence-corrected chi connectivity index (χ3v) is 3.33. The molecule has 0 radical (unpaired) electrons. The molecule has 5 nitrogen and oxygen atoms in total. The molecule has 0 bridgehead atoms. The first kappa shape index (κ1) is 15.5. The normalized spacial score (nSPS) is 10.8. The topological polar surface area (TPSA) is 54.2 Å². The molecular formula is C14H16ClN5S. The number of nitrogens with zero attached hydrogens (tertiary/aromatic N) is 3. The summed E-state index contributed by atoms with van der Waals surface area (Å²) in [6.45, 7) is 4.64. The smallest absolute Gasteiger partial charge is 0.186 e. The Morgan fingerprint density at radius 3 is 2.81 bits per heavy atom. The lowest BCUT2D eigenvalue weighted by molar-refractivity contribution is 0.847. The Kier molecular flexibility index (Phi) is 5.30.